The molecule has 1 saturated heterocycles. The number of thioether (sulfide) groups is 1. The van der Waals surface area contributed by atoms with Crippen molar-refractivity contribution in [1.29, 1.82) is 0 Å². The average molecular weight is 306 g/mol. The molecule has 4 heteroatoms. The average Bonchev–Trinajstić information content (AvgIpc) is 2.44. The van der Waals surface area contributed by atoms with Crippen LogP contribution in [-0.4, -0.2) is 40.9 Å². The topological polar surface area (TPSA) is 32.3 Å². The van der Waals surface area contributed by atoms with E-state index in [0.29, 0.717) is 10.5 Å². The summed E-state index contributed by atoms with van der Waals surface area (Å²) < 4.78 is 0. The van der Waals surface area contributed by atoms with Gasteiger partial charge in [0, 0.05) is 41.4 Å². The van der Waals surface area contributed by atoms with Crippen LogP contribution in [0.4, 0.5) is 5.69 Å². The first-order valence-corrected chi connectivity index (χ1v) is 8.74. The van der Waals surface area contributed by atoms with Gasteiger partial charge in [-0.2, -0.15) is 11.8 Å². The van der Waals surface area contributed by atoms with E-state index in [-0.39, 0.29) is 5.91 Å². The highest BCUT2D eigenvalue weighted by Crippen LogP contribution is 2.26. The number of hydrogen-bond acceptors (Lipinski definition) is 3. The molecular formula is C17H26N2OS. The van der Waals surface area contributed by atoms with Crippen molar-refractivity contribution in [3.63, 3.8) is 0 Å². The number of nitrogens with zero attached hydrogens (tertiary/aromatic N) is 1. The molecule has 0 spiro atoms. The van der Waals surface area contributed by atoms with E-state index in [1.807, 2.05) is 34.9 Å². The van der Waals surface area contributed by atoms with Crippen molar-refractivity contribution in [1.82, 2.24) is 4.90 Å². The van der Waals surface area contributed by atoms with Gasteiger partial charge in [0.1, 0.15) is 0 Å². The van der Waals surface area contributed by atoms with Crippen LogP contribution in [0, 0.1) is 6.92 Å². The standard InChI is InChI=1S/C17H26N2OS/c1-5-8-18-16-7-6-15(9-12(16)2)17(20)19-10-13(3)21-14(4)11-19/h6-7,9,13-14,18H,5,8,10-11H2,1-4H3. The second-order valence-corrected chi connectivity index (χ2v) is 7.81. The number of nitrogens with one attached hydrogen (secondary N) is 1. The molecule has 1 N–H and O–H groups in total. The van der Waals surface area contributed by atoms with Gasteiger partial charge in [0.05, 0.1) is 0 Å². The number of carbonyl (C=O) groups is 1. The summed E-state index contributed by atoms with van der Waals surface area (Å²) in [6.07, 6.45) is 1.10. The molecule has 1 amide bonds. The summed E-state index contributed by atoms with van der Waals surface area (Å²) in [5.74, 6) is 0.166. The molecule has 1 aromatic carbocycles. The number of carbonyl (C=O) groups excluding carboxylic acids is 1. The summed E-state index contributed by atoms with van der Waals surface area (Å²) in [4.78, 5) is 14.7. The minimum absolute atomic E-state index is 0.166. The van der Waals surface area contributed by atoms with Crippen LogP contribution < -0.4 is 5.32 Å². The van der Waals surface area contributed by atoms with Gasteiger partial charge in [-0.3, -0.25) is 4.79 Å². The Balaban J connectivity index is 2.10. The molecule has 1 aliphatic heterocycles. The van der Waals surface area contributed by atoms with Gasteiger partial charge >= 0.3 is 0 Å². The molecule has 3 nitrogen and oxygen atoms in total. The smallest absolute Gasteiger partial charge is 0.253 e. The highest BCUT2D eigenvalue weighted by Gasteiger charge is 2.26. The second-order valence-electron chi connectivity index (χ2n) is 5.92. The highest BCUT2D eigenvalue weighted by atomic mass is 32.2. The van der Waals surface area contributed by atoms with Crippen LogP contribution in [0.25, 0.3) is 0 Å². The Bertz CT molecular complexity index is 494. The molecule has 0 bridgehead atoms. The van der Waals surface area contributed by atoms with E-state index in [2.05, 4.69) is 33.0 Å². The zero-order valence-electron chi connectivity index (χ0n) is 13.5. The lowest BCUT2D eigenvalue weighted by atomic mass is 10.1. The lowest BCUT2D eigenvalue weighted by Crippen LogP contribution is -2.44. The lowest BCUT2D eigenvalue weighted by Gasteiger charge is -2.34. The Morgan fingerprint density at radius 1 is 1.33 bits per heavy atom. The zero-order chi connectivity index (χ0) is 15.4. The van der Waals surface area contributed by atoms with E-state index in [9.17, 15) is 4.79 Å². The van der Waals surface area contributed by atoms with Crippen LogP contribution >= 0.6 is 11.8 Å². The van der Waals surface area contributed by atoms with Crippen LogP contribution in [0.1, 0.15) is 43.1 Å². The molecule has 1 fully saturated rings. The fourth-order valence-electron chi connectivity index (χ4n) is 2.78. The fraction of sp³-hybridized carbons (Fsp3) is 0.588. The summed E-state index contributed by atoms with van der Waals surface area (Å²) in [6.45, 7) is 11.3. The van der Waals surface area contributed by atoms with Gasteiger partial charge in [-0.15, -0.1) is 0 Å². The maximum atomic E-state index is 12.7. The molecule has 2 rings (SSSR count). The van der Waals surface area contributed by atoms with Gasteiger partial charge in [0.2, 0.25) is 0 Å². The zero-order valence-corrected chi connectivity index (χ0v) is 14.3. The minimum Gasteiger partial charge on any atom is -0.385 e. The van der Waals surface area contributed by atoms with E-state index < -0.39 is 0 Å². The molecule has 2 atom stereocenters. The van der Waals surface area contributed by atoms with Gasteiger partial charge in [-0.1, -0.05) is 20.8 Å². The normalized spacial score (nSPS) is 22.2. The van der Waals surface area contributed by atoms with Gasteiger partial charge in [0.25, 0.3) is 5.91 Å². The molecule has 21 heavy (non-hydrogen) atoms. The van der Waals surface area contributed by atoms with E-state index in [1.165, 1.54) is 0 Å². The van der Waals surface area contributed by atoms with Crippen molar-refractivity contribution in [3.05, 3.63) is 29.3 Å². The third kappa shape index (κ3) is 4.16. The first kappa shape index (κ1) is 16.2. The van der Waals surface area contributed by atoms with Gasteiger partial charge in [-0.05, 0) is 37.1 Å². The molecule has 1 aromatic rings. The molecular weight excluding hydrogens is 280 g/mol. The predicted molar refractivity (Wildman–Crippen MR) is 92.4 cm³/mol. The Kier molecular flexibility index (Phi) is 5.57. The third-order valence-electron chi connectivity index (χ3n) is 3.75. The largest absolute Gasteiger partial charge is 0.385 e. The fourth-order valence-corrected chi connectivity index (χ4v) is 4.11. The van der Waals surface area contributed by atoms with Gasteiger partial charge < -0.3 is 10.2 Å². The van der Waals surface area contributed by atoms with E-state index in [4.69, 9.17) is 0 Å². The van der Waals surface area contributed by atoms with Crippen molar-refractivity contribution in [2.45, 2.75) is 44.6 Å². The maximum Gasteiger partial charge on any atom is 0.253 e. The molecule has 1 aliphatic rings. The minimum atomic E-state index is 0.166. The monoisotopic (exact) mass is 306 g/mol. The van der Waals surface area contributed by atoms with Crippen LogP contribution in [0.3, 0.4) is 0 Å². The Morgan fingerprint density at radius 2 is 2.00 bits per heavy atom. The molecule has 0 aliphatic carbocycles. The Hall–Kier alpha value is -1.16. The first-order valence-electron chi connectivity index (χ1n) is 7.80. The first-order chi connectivity index (χ1) is 10.0. The van der Waals surface area contributed by atoms with Crippen LogP contribution in [-0.2, 0) is 0 Å². The van der Waals surface area contributed by atoms with Crippen molar-refractivity contribution in [2.24, 2.45) is 0 Å². The quantitative estimate of drug-likeness (QED) is 0.918. The summed E-state index contributed by atoms with van der Waals surface area (Å²) in [5, 5.41) is 4.43. The van der Waals surface area contributed by atoms with Crippen LogP contribution in [0.15, 0.2) is 18.2 Å². The van der Waals surface area contributed by atoms with Crippen molar-refractivity contribution in [3.8, 4) is 0 Å². The maximum absolute atomic E-state index is 12.7. The van der Waals surface area contributed by atoms with Crippen molar-refractivity contribution in [2.75, 3.05) is 25.0 Å². The number of hydrogen-bond donors (Lipinski definition) is 1. The number of anilines is 1. The number of benzene rings is 1. The van der Waals surface area contributed by atoms with E-state index in [0.717, 1.165) is 42.9 Å². The molecule has 0 aromatic heterocycles. The predicted octanol–water partition coefficient (Wildman–Crippen LogP) is 3.78. The summed E-state index contributed by atoms with van der Waals surface area (Å²) in [6, 6.07) is 5.99. The lowest BCUT2D eigenvalue weighted by molar-refractivity contribution is 0.0753. The Labute approximate surface area is 132 Å². The van der Waals surface area contributed by atoms with E-state index in [1.54, 1.807) is 0 Å². The number of rotatable bonds is 4. The number of amides is 1. The SMILES string of the molecule is CCCNc1ccc(C(=O)N2CC(C)SC(C)C2)cc1C. The summed E-state index contributed by atoms with van der Waals surface area (Å²) in [5.41, 5.74) is 3.08. The summed E-state index contributed by atoms with van der Waals surface area (Å²) >= 11 is 1.97. The summed E-state index contributed by atoms with van der Waals surface area (Å²) in [7, 11) is 0. The third-order valence-corrected chi connectivity index (χ3v) is 4.97. The van der Waals surface area contributed by atoms with Crippen molar-refractivity contribution >= 4 is 23.4 Å². The number of aryl methyl sites for hydroxylation is 1. The molecule has 0 saturated carbocycles. The van der Waals surface area contributed by atoms with Gasteiger partial charge in [-0.25, -0.2) is 0 Å². The second kappa shape index (κ2) is 7.21. The Morgan fingerprint density at radius 3 is 2.57 bits per heavy atom. The van der Waals surface area contributed by atoms with E-state index >= 15 is 0 Å². The molecule has 2 unspecified atom stereocenters. The molecule has 1 heterocycles. The highest BCUT2D eigenvalue weighted by molar-refractivity contribution is 8.00. The van der Waals surface area contributed by atoms with Crippen LogP contribution in [0.2, 0.25) is 0 Å². The molecule has 0 radical (unpaired) electrons. The van der Waals surface area contributed by atoms with Crippen LogP contribution in [0.5, 0.6) is 0 Å². The van der Waals surface area contributed by atoms with Crippen molar-refractivity contribution < 1.29 is 4.79 Å². The molecule has 116 valence electrons. The van der Waals surface area contributed by atoms with Gasteiger partial charge in [0.15, 0.2) is 0 Å².